The summed E-state index contributed by atoms with van der Waals surface area (Å²) >= 11 is 0. The third kappa shape index (κ3) is 3.10. The van der Waals surface area contributed by atoms with Gasteiger partial charge < -0.3 is 10.8 Å². The molecule has 1 aliphatic carbocycles. The first-order valence-electron chi connectivity index (χ1n) is 10.1. The van der Waals surface area contributed by atoms with Crippen molar-refractivity contribution in [3.05, 3.63) is 65.7 Å². The Morgan fingerprint density at radius 3 is 2.53 bits per heavy atom. The van der Waals surface area contributed by atoms with E-state index in [-0.39, 0.29) is 39.9 Å². The van der Waals surface area contributed by atoms with Gasteiger partial charge >= 0.3 is 0 Å². The molecule has 6 nitrogen and oxygen atoms in total. The lowest BCUT2D eigenvalue weighted by molar-refractivity contribution is -0.0535. The molecule has 0 bridgehead atoms. The van der Waals surface area contributed by atoms with Crippen molar-refractivity contribution in [2.24, 2.45) is 0 Å². The Hall–Kier alpha value is -3.83. The number of hydrogen-bond donors (Lipinski definition) is 2. The van der Waals surface area contributed by atoms with Crippen LogP contribution in [-0.2, 0) is 0 Å². The number of nitrogens with zero attached hydrogens (tertiary/aromatic N) is 4. The molecule has 5 rings (SSSR count). The van der Waals surface area contributed by atoms with Crippen LogP contribution in [0.5, 0.6) is 0 Å². The quantitative estimate of drug-likeness (QED) is 0.494. The average molecular weight is 431 g/mol. The number of pyridine rings is 1. The van der Waals surface area contributed by atoms with Gasteiger partial charge in [0.1, 0.15) is 40.2 Å². The summed E-state index contributed by atoms with van der Waals surface area (Å²) in [5.74, 6) is -1.14. The van der Waals surface area contributed by atoms with Crippen LogP contribution in [0.2, 0.25) is 0 Å². The van der Waals surface area contributed by atoms with Crippen LogP contribution >= 0.6 is 0 Å². The van der Waals surface area contributed by atoms with Crippen molar-refractivity contribution in [1.82, 2.24) is 14.8 Å². The molecule has 0 radical (unpaired) electrons. The Balaban J connectivity index is 1.66. The Bertz CT molecular complexity index is 1400. The van der Waals surface area contributed by atoms with E-state index < -0.39 is 17.2 Å². The molecular weight excluding hydrogens is 412 g/mol. The highest BCUT2D eigenvalue weighted by Crippen LogP contribution is 2.43. The molecule has 1 saturated carbocycles. The second-order valence-electron chi connectivity index (χ2n) is 8.41. The van der Waals surface area contributed by atoms with Crippen LogP contribution in [-0.4, -0.2) is 25.5 Å². The van der Waals surface area contributed by atoms with Gasteiger partial charge in [-0.2, -0.15) is 10.4 Å². The van der Waals surface area contributed by atoms with E-state index in [4.69, 9.17) is 5.73 Å². The minimum atomic E-state index is -0.813. The van der Waals surface area contributed by atoms with Gasteiger partial charge in [-0.3, -0.25) is 0 Å². The molecule has 0 aliphatic heterocycles. The molecule has 8 heteroatoms. The molecule has 2 heterocycles. The first kappa shape index (κ1) is 20.1. The van der Waals surface area contributed by atoms with E-state index >= 15 is 4.39 Å². The van der Waals surface area contributed by atoms with E-state index in [1.165, 1.54) is 16.8 Å². The average Bonchev–Trinajstić information content (AvgIpc) is 3.08. The summed E-state index contributed by atoms with van der Waals surface area (Å²) in [6.07, 6.45) is 0.870. The van der Waals surface area contributed by atoms with Crippen LogP contribution in [0.15, 0.2) is 48.5 Å². The van der Waals surface area contributed by atoms with Gasteiger partial charge in [0.2, 0.25) is 0 Å². The number of aromatic nitrogens is 3. The summed E-state index contributed by atoms with van der Waals surface area (Å²) in [5, 5.41) is 24.4. The maximum Gasteiger partial charge on any atom is 0.158 e. The van der Waals surface area contributed by atoms with Gasteiger partial charge in [0, 0.05) is 16.5 Å². The number of fused-ring (bicyclic) bond motifs is 1. The standard InChI is InChI=1S/C24H19F2N5O/c1-24(32)10-15(11-24)31-23(28)17(12-27)22(30-31)16-8-7-14-9-18(25)20(29-21(14)19(16)26)13-5-3-2-4-6-13/h2-9,15,32H,10-11,28H2,1H3. The maximum atomic E-state index is 15.6. The molecule has 0 saturated heterocycles. The van der Waals surface area contributed by atoms with Crippen LogP contribution in [0.1, 0.15) is 31.4 Å². The second-order valence-corrected chi connectivity index (χ2v) is 8.41. The molecule has 3 N–H and O–H groups in total. The van der Waals surface area contributed by atoms with Crippen LogP contribution in [0, 0.1) is 23.0 Å². The molecular formula is C24H19F2N5O. The Labute approximate surface area is 182 Å². The van der Waals surface area contributed by atoms with Crippen LogP contribution < -0.4 is 5.73 Å². The summed E-state index contributed by atoms with van der Waals surface area (Å²) in [6, 6.07) is 14.8. The van der Waals surface area contributed by atoms with Crippen molar-refractivity contribution < 1.29 is 13.9 Å². The molecule has 1 aliphatic rings. The van der Waals surface area contributed by atoms with E-state index in [0.29, 0.717) is 23.8 Å². The second kappa shape index (κ2) is 7.11. The van der Waals surface area contributed by atoms with Crippen molar-refractivity contribution in [3.63, 3.8) is 0 Å². The van der Waals surface area contributed by atoms with Gasteiger partial charge in [-0.1, -0.05) is 36.4 Å². The van der Waals surface area contributed by atoms with Gasteiger partial charge in [0.25, 0.3) is 0 Å². The molecule has 2 aromatic carbocycles. The number of halogens is 2. The zero-order valence-electron chi connectivity index (χ0n) is 17.2. The fourth-order valence-electron chi connectivity index (χ4n) is 4.31. The largest absolute Gasteiger partial charge is 0.390 e. The lowest BCUT2D eigenvalue weighted by atomic mass is 9.77. The van der Waals surface area contributed by atoms with Crippen LogP contribution in [0.4, 0.5) is 14.6 Å². The molecule has 2 aromatic heterocycles. The van der Waals surface area contributed by atoms with E-state index in [1.807, 2.05) is 6.07 Å². The smallest absolute Gasteiger partial charge is 0.158 e. The Morgan fingerprint density at radius 2 is 1.88 bits per heavy atom. The minimum Gasteiger partial charge on any atom is -0.390 e. The monoisotopic (exact) mass is 431 g/mol. The predicted molar refractivity (Wildman–Crippen MR) is 116 cm³/mol. The topological polar surface area (TPSA) is 101 Å². The lowest BCUT2D eigenvalue weighted by Crippen LogP contribution is -2.42. The van der Waals surface area contributed by atoms with Crippen molar-refractivity contribution >= 4 is 16.7 Å². The molecule has 160 valence electrons. The molecule has 32 heavy (non-hydrogen) atoms. The van der Waals surface area contributed by atoms with Crippen molar-refractivity contribution in [1.29, 1.82) is 5.26 Å². The van der Waals surface area contributed by atoms with E-state index in [0.717, 1.165) is 0 Å². The highest BCUT2D eigenvalue weighted by Gasteiger charge is 2.41. The van der Waals surface area contributed by atoms with Crippen molar-refractivity contribution in [2.75, 3.05) is 5.73 Å². The number of nitriles is 1. The fourth-order valence-corrected chi connectivity index (χ4v) is 4.31. The van der Waals surface area contributed by atoms with E-state index in [1.54, 1.807) is 43.3 Å². The first-order chi connectivity index (χ1) is 15.3. The zero-order valence-corrected chi connectivity index (χ0v) is 17.2. The normalized spacial score (nSPS) is 20.2. The number of aliphatic hydroxyl groups is 1. The summed E-state index contributed by atoms with van der Waals surface area (Å²) in [5.41, 5.74) is 6.09. The molecule has 0 unspecified atom stereocenters. The summed E-state index contributed by atoms with van der Waals surface area (Å²) in [4.78, 5) is 4.27. The Morgan fingerprint density at radius 1 is 1.16 bits per heavy atom. The summed E-state index contributed by atoms with van der Waals surface area (Å²) in [6.45, 7) is 1.72. The van der Waals surface area contributed by atoms with Gasteiger partial charge in [-0.15, -0.1) is 0 Å². The summed E-state index contributed by atoms with van der Waals surface area (Å²) < 4.78 is 31.8. The van der Waals surface area contributed by atoms with Crippen LogP contribution in [0.25, 0.3) is 33.4 Å². The van der Waals surface area contributed by atoms with Crippen molar-refractivity contribution in [2.45, 2.75) is 31.4 Å². The van der Waals surface area contributed by atoms with Gasteiger partial charge in [0.05, 0.1) is 11.6 Å². The fraction of sp³-hybridized carbons (Fsp3) is 0.208. The number of rotatable bonds is 3. The lowest BCUT2D eigenvalue weighted by Gasteiger charge is -2.41. The SMILES string of the molecule is CC1(O)CC(n2nc(-c3ccc4cc(F)c(-c5ccccc5)nc4c3F)c(C#N)c2N)C1. The Kier molecular flexibility index (Phi) is 4.46. The molecule has 0 spiro atoms. The van der Waals surface area contributed by atoms with Gasteiger partial charge in [-0.05, 0) is 31.9 Å². The number of nitrogen functional groups attached to an aromatic ring is 1. The number of hydrogen-bond acceptors (Lipinski definition) is 5. The zero-order chi connectivity index (χ0) is 22.6. The van der Waals surface area contributed by atoms with E-state index in [2.05, 4.69) is 10.1 Å². The minimum absolute atomic E-state index is 0.0219. The molecule has 0 atom stereocenters. The number of anilines is 1. The van der Waals surface area contributed by atoms with Crippen LogP contribution in [0.3, 0.4) is 0 Å². The number of benzene rings is 2. The van der Waals surface area contributed by atoms with Gasteiger partial charge in [0.15, 0.2) is 5.82 Å². The molecule has 0 amide bonds. The summed E-state index contributed by atoms with van der Waals surface area (Å²) in [7, 11) is 0. The number of nitrogens with two attached hydrogens (primary N) is 1. The van der Waals surface area contributed by atoms with E-state index in [9.17, 15) is 14.8 Å². The van der Waals surface area contributed by atoms with Crippen molar-refractivity contribution in [3.8, 4) is 28.6 Å². The third-order valence-electron chi connectivity index (χ3n) is 5.94. The predicted octanol–water partition coefficient (Wildman–Crippen LogP) is 4.58. The highest BCUT2D eigenvalue weighted by atomic mass is 19.1. The third-order valence-corrected chi connectivity index (χ3v) is 5.94. The van der Waals surface area contributed by atoms with Gasteiger partial charge in [-0.25, -0.2) is 18.4 Å². The maximum absolute atomic E-state index is 15.6. The first-order valence-corrected chi connectivity index (χ1v) is 10.1. The molecule has 4 aromatic rings. The molecule has 1 fully saturated rings. The highest BCUT2D eigenvalue weighted by molar-refractivity contribution is 5.88.